The number of rotatable bonds is 7. The molecule has 0 bridgehead atoms. The fourth-order valence-corrected chi connectivity index (χ4v) is 3.57. The summed E-state index contributed by atoms with van der Waals surface area (Å²) in [6.07, 6.45) is 0. The highest BCUT2D eigenvalue weighted by Gasteiger charge is 2.20. The summed E-state index contributed by atoms with van der Waals surface area (Å²) >= 11 is 0. The monoisotopic (exact) mass is 377 g/mol. The molecule has 2 aromatic rings. The van der Waals surface area contributed by atoms with E-state index in [9.17, 15) is 13.2 Å². The van der Waals surface area contributed by atoms with Gasteiger partial charge in [0.25, 0.3) is 5.91 Å². The summed E-state index contributed by atoms with van der Waals surface area (Å²) < 4.78 is 40.3. The van der Waals surface area contributed by atoms with E-state index in [2.05, 4.69) is 5.32 Å². The molecule has 0 saturated heterocycles. The highest BCUT2D eigenvalue weighted by molar-refractivity contribution is 7.91. The summed E-state index contributed by atoms with van der Waals surface area (Å²) in [5.41, 5.74) is 0.137. The van der Waals surface area contributed by atoms with Crippen molar-refractivity contribution >= 4 is 15.7 Å². The zero-order chi connectivity index (χ0) is 18.6. The second-order valence-electron chi connectivity index (χ2n) is 5.52. The minimum atomic E-state index is -3.47. The van der Waals surface area contributed by atoms with Crippen LogP contribution in [0, 0.1) is 0 Å². The van der Waals surface area contributed by atoms with Gasteiger partial charge in [0.2, 0.25) is 6.79 Å². The number of carbonyl (C=O) groups excluding carboxylic acids is 1. The predicted molar refractivity (Wildman–Crippen MR) is 94.6 cm³/mol. The maximum absolute atomic E-state index is 12.3. The molecule has 3 rings (SSSR count). The summed E-state index contributed by atoms with van der Waals surface area (Å²) in [5.74, 6) is 1.36. The van der Waals surface area contributed by atoms with E-state index >= 15 is 0 Å². The fourth-order valence-electron chi connectivity index (χ4n) is 2.48. The highest BCUT2D eigenvalue weighted by atomic mass is 32.2. The van der Waals surface area contributed by atoms with Crippen molar-refractivity contribution in [3.8, 4) is 17.2 Å². The first-order chi connectivity index (χ1) is 12.5. The van der Waals surface area contributed by atoms with E-state index in [4.69, 9.17) is 14.2 Å². The molecule has 0 fully saturated rings. The second kappa shape index (κ2) is 7.65. The van der Waals surface area contributed by atoms with Crippen LogP contribution in [0.2, 0.25) is 0 Å². The number of amides is 1. The van der Waals surface area contributed by atoms with Gasteiger partial charge in [0.05, 0.1) is 22.8 Å². The molecule has 1 N–H and O–H groups in total. The van der Waals surface area contributed by atoms with Crippen molar-refractivity contribution in [1.29, 1.82) is 0 Å². The van der Waals surface area contributed by atoms with Gasteiger partial charge in [-0.3, -0.25) is 4.79 Å². The van der Waals surface area contributed by atoms with Crippen molar-refractivity contribution < 1.29 is 27.4 Å². The van der Waals surface area contributed by atoms with Crippen LogP contribution in [-0.2, 0) is 9.84 Å². The van der Waals surface area contributed by atoms with Gasteiger partial charge in [0.15, 0.2) is 21.3 Å². The third kappa shape index (κ3) is 3.91. The van der Waals surface area contributed by atoms with E-state index in [1.54, 1.807) is 37.3 Å². The van der Waals surface area contributed by atoms with Gasteiger partial charge in [-0.2, -0.15) is 0 Å². The Balaban J connectivity index is 1.57. The number of hydrogen-bond acceptors (Lipinski definition) is 6. The number of benzene rings is 2. The van der Waals surface area contributed by atoms with E-state index in [0.717, 1.165) is 0 Å². The van der Waals surface area contributed by atoms with Gasteiger partial charge in [0, 0.05) is 6.07 Å². The average molecular weight is 377 g/mol. The van der Waals surface area contributed by atoms with E-state index in [1.807, 2.05) is 0 Å². The van der Waals surface area contributed by atoms with Crippen molar-refractivity contribution in [2.45, 2.75) is 11.8 Å². The van der Waals surface area contributed by atoms with Crippen molar-refractivity contribution in [3.63, 3.8) is 0 Å². The predicted octanol–water partition coefficient (Wildman–Crippen LogP) is 2.02. The van der Waals surface area contributed by atoms with Crippen LogP contribution in [0.25, 0.3) is 0 Å². The topological polar surface area (TPSA) is 90.9 Å². The number of carbonyl (C=O) groups is 1. The lowest BCUT2D eigenvalue weighted by molar-refractivity contribution is 0.0943. The molecule has 1 aliphatic rings. The minimum absolute atomic E-state index is 0.0386. The van der Waals surface area contributed by atoms with Gasteiger partial charge >= 0.3 is 0 Å². The van der Waals surface area contributed by atoms with Crippen LogP contribution in [-0.4, -0.2) is 40.0 Å². The van der Waals surface area contributed by atoms with Crippen LogP contribution in [0.1, 0.15) is 17.3 Å². The summed E-state index contributed by atoms with van der Waals surface area (Å²) in [5, 5.41) is 2.67. The number of hydrogen-bond donors (Lipinski definition) is 1. The van der Waals surface area contributed by atoms with Crippen LogP contribution in [0.5, 0.6) is 17.2 Å². The van der Waals surface area contributed by atoms with Crippen molar-refractivity contribution in [2.75, 3.05) is 25.7 Å². The third-order valence-electron chi connectivity index (χ3n) is 3.85. The Morgan fingerprint density at radius 2 is 1.92 bits per heavy atom. The molecule has 8 heteroatoms. The Hall–Kier alpha value is -2.74. The molecule has 7 nitrogen and oxygen atoms in total. The average Bonchev–Trinajstić information content (AvgIpc) is 3.13. The lowest BCUT2D eigenvalue weighted by Gasteiger charge is -2.11. The van der Waals surface area contributed by atoms with E-state index in [1.165, 1.54) is 12.1 Å². The maximum Gasteiger partial charge on any atom is 0.252 e. The second-order valence-corrected chi connectivity index (χ2v) is 7.77. The normalized spacial score (nSPS) is 12.7. The molecule has 1 amide bonds. The van der Waals surface area contributed by atoms with E-state index in [-0.39, 0.29) is 36.2 Å². The van der Waals surface area contributed by atoms with E-state index in [0.29, 0.717) is 17.2 Å². The first kappa shape index (κ1) is 18.1. The molecule has 0 saturated carbocycles. The van der Waals surface area contributed by atoms with Gasteiger partial charge in [-0.15, -0.1) is 0 Å². The molecule has 0 unspecified atom stereocenters. The zero-order valence-corrected chi connectivity index (χ0v) is 15.0. The van der Waals surface area contributed by atoms with Crippen LogP contribution < -0.4 is 19.5 Å². The Morgan fingerprint density at radius 1 is 1.15 bits per heavy atom. The first-order valence-corrected chi connectivity index (χ1v) is 9.79. The van der Waals surface area contributed by atoms with Crippen LogP contribution in [0.3, 0.4) is 0 Å². The third-order valence-corrected chi connectivity index (χ3v) is 5.63. The largest absolute Gasteiger partial charge is 0.492 e. The molecule has 0 atom stereocenters. The van der Waals surface area contributed by atoms with Crippen LogP contribution >= 0.6 is 0 Å². The van der Waals surface area contributed by atoms with Crippen LogP contribution in [0.15, 0.2) is 47.4 Å². The van der Waals surface area contributed by atoms with Crippen molar-refractivity contribution in [1.82, 2.24) is 5.32 Å². The molecule has 1 heterocycles. The van der Waals surface area contributed by atoms with Crippen LogP contribution in [0.4, 0.5) is 0 Å². The lowest BCUT2D eigenvalue weighted by atomic mass is 10.2. The molecule has 26 heavy (non-hydrogen) atoms. The first-order valence-electron chi connectivity index (χ1n) is 8.13. The number of fused-ring (bicyclic) bond motifs is 1. The van der Waals surface area contributed by atoms with Gasteiger partial charge < -0.3 is 19.5 Å². The number of ether oxygens (including phenoxy) is 3. The maximum atomic E-state index is 12.3. The molecular weight excluding hydrogens is 358 g/mol. The van der Waals surface area contributed by atoms with Gasteiger partial charge in [-0.25, -0.2) is 8.42 Å². The SMILES string of the molecule is CCS(=O)(=O)c1ccccc1C(=O)NCCOc1ccc2c(c1)OCO2. The summed E-state index contributed by atoms with van der Waals surface area (Å²) in [7, 11) is -3.47. The Morgan fingerprint density at radius 3 is 2.73 bits per heavy atom. The molecule has 138 valence electrons. The molecule has 1 aliphatic heterocycles. The highest BCUT2D eigenvalue weighted by Crippen LogP contribution is 2.34. The number of sulfone groups is 1. The summed E-state index contributed by atoms with van der Waals surface area (Å²) in [6, 6.07) is 11.4. The van der Waals surface area contributed by atoms with E-state index < -0.39 is 15.7 Å². The van der Waals surface area contributed by atoms with Gasteiger partial charge in [0.1, 0.15) is 12.4 Å². The minimum Gasteiger partial charge on any atom is -0.492 e. The summed E-state index contributed by atoms with van der Waals surface area (Å²) in [6.45, 7) is 2.19. The van der Waals surface area contributed by atoms with Crippen molar-refractivity contribution in [2.24, 2.45) is 0 Å². The van der Waals surface area contributed by atoms with Crippen molar-refractivity contribution in [3.05, 3.63) is 48.0 Å². The molecule has 0 spiro atoms. The zero-order valence-electron chi connectivity index (χ0n) is 14.2. The molecule has 2 aromatic carbocycles. The Bertz CT molecular complexity index is 910. The van der Waals surface area contributed by atoms with Gasteiger partial charge in [-0.1, -0.05) is 19.1 Å². The summed E-state index contributed by atoms with van der Waals surface area (Å²) in [4.78, 5) is 12.4. The Kier molecular flexibility index (Phi) is 5.32. The molecule has 0 aliphatic carbocycles. The smallest absolute Gasteiger partial charge is 0.252 e. The molecule has 0 aromatic heterocycles. The quantitative estimate of drug-likeness (QED) is 0.743. The standard InChI is InChI=1S/C18H19NO6S/c1-2-26(21,22)17-6-4-3-5-14(17)18(20)19-9-10-23-13-7-8-15-16(11-13)25-12-24-15/h3-8,11H,2,9-10,12H2,1H3,(H,19,20). The Labute approximate surface area is 151 Å². The fraction of sp³-hybridized carbons (Fsp3) is 0.278. The number of nitrogens with one attached hydrogen (secondary N) is 1. The lowest BCUT2D eigenvalue weighted by Crippen LogP contribution is -2.29. The molecular formula is C18H19NO6S. The van der Waals surface area contributed by atoms with Gasteiger partial charge in [-0.05, 0) is 24.3 Å². The molecule has 0 radical (unpaired) electrons.